The summed E-state index contributed by atoms with van der Waals surface area (Å²) in [4.78, 5) is 12.9. The van der Waals surface area contributed by atoms with E-state index in [9.17, 15) is 9.18 Å². The summed E-state index contributed by atoms with van der Waals surface area (Å²) in [6.45, 7) is 6.97. The number of hydrogen-bond donors (Lipinski definition) is 1. The normalized spacial score (nSPS) is 26.5. The smallest absolute Gasteiger partial charge is 0.223 e. The maximum Gasteiger partial charge on any atom is 0.223 e. The Bertz CT molecular complexity index is 858. The molecule has 2 aromatic carbocycles. The lowest BCUT2D eigenvalue weighted by Gasteiger charge is -2.57. The van der Waals surface area contributed by atoms with Crippen LogP contribution in [0.2, 0.25) is 0 Å². The Morgan fingerprint density at radius 2 is 1.70 bits per heavy atom. The second-order valence-corrected chi connectivity index (χ2v) is 10.3. The van der Waals surface area contributed by atoms with Crippen molar-refractivity contribution in [2.24, 2.45) is 16.7 Å². The first kappa shape index (κ1) is 21.0. The highest BCUT2D eigenvalue weighted by Crippen LogP contribution is 2.59. The van der Waals surface area contributed by atoms with Crippen LogP contribution in [0.3, 0.4) is 0 Å². The molecule has 2 aliphatic rings. The van der Waals surface area contributed by atoms with E-state index < -0.39 is 0 Å². The Hall–Kier alpha value is -2.20. The van der Waals surface area contributed by atoms with Gasteiger partial charge in [0.15, 0.2) is 0 Å². The van der Waals surface area contributed by atoms with Crippen LogP contribution < -0.4 is 5.32 Å². The zero-order valence-corrected chi connectivity index (χ0v) is 18.2. The molecule has 160 valence electrons. The van der Waals surface area contributed by atoms with Crippen LogP contribution in [0.15, 0.2) is 54.6 Å². The molecule has 1 atom stereocenters. The average Bonchev–Trinajstić information content (AvgIpc) is 2.64. The lowest BCUT2D eigenvalue weighted by Crippen LogP contribution is -2.55. The van der Waals surface area contributed by atoms with Crippen LogP contribution >= 0.6 is 0 Å². The Labute approximate surface area is 179 Å². The topological polar surface area (TPSA) is 38.3 Å². The molecular weight excluding hydrogens is 377 g/mol. The fraction of sp³-hybridized carbons (Fsp3) is 0.500. The number of ether oxygens (including phenoxy) is 1. The van der Waals surface area contributed by atoms with Crippen molar-refractivity contribution >= 4 is 5.91 Å². The van der Waals surface area contributed by atoms with Crippen LogP contribution in [-0.4, -0.2) is 12.0 Å². The standard InChI is InChI=1S/C26H32FNO2/c1-25(2,3)23(19-9-11-21(27)12-10-19)28-24(29)20-13-26(14-20)15-22(16-26)30-17-18-7-5-4-6-8-18/h4-12,20,22-23H,13-17H2,1-3H3,(H,28,29). The van der Waals surface area contributed by atoms with E-state index in [1.807, 2.05) is 18.2 Å². The predicted octanol–water partition coefficient (Wildman–Crippen LogP) is 5.80. The largest absolute Gasteiger partial charge is 0.374 e. The van der Waals surface area contributed by atoms with Gasteiger partial charge in [-0.1, -0.05) is 63.2 Å². The summed E-state index contributed by atoms with van der Waals surface area (Å²) in [7, 11) is 0. The van der Waals surface area contributed by atoms with Crippen LogP contribution in [0.25, 0.3) is 0 Å². The Morgan fingerprint density at radius 3 is 2.30 bits per heavy atom. The first-order chi connectivity index (χ1) is 14.2. The lowest BCUT2D eigenvalue weighted by atomic mass is 9.50. The molecule has 2 aliphatic carbocycles. The number of nitrogens with one attached hydrogen (secondary N) is 1. The van der Waals surface area contributed by atoms with Crippen molar-refractivity contribution in [1.29, 1.82) is 0 Å². The van der Waals surface area contributed by atoms with Gasteiger partial charge in [0.1, 0.15) is 5.82 Å². The molecule has 1 spiro atoms. The quantitative estimate of drug-likeness (QED) is 0.654. The fourth-order valence-electron chi connectivity index (χ4n) is 5.03. The summed E-state index contributed by atoms with van der Waals surface area (Å²) < 4.78 is 19.4. The summed E-state index contributed by atoms with van der Waals surface area (Å²) >= 11 is 0. The fourth-order valence-corrected chi connectivity index (χ4v) is 5.03. The van der Waals surface area contributed by atoms with Crippen LogP contribution in [0.5, 0.6) is 0 Å². The maximum atomic E-state index is 13.3. The number of benzene rings is 2. The minimum atomic E-state index is -0.257. The molecule has 1 amide bonds. The first-order valence-electron chi connectivity index (χ1n) is 11.0. The lowest BCUT2D eigenvalue weighted by molar-refractivity contribution is -0.160. The summed E-state index contributed by atoms with van der Waals surface area (Å²) in [6.07, 6.45) is 4.33. The Kier molecular flexibility index (Phi) is 5.71. The van der Waals surface area contributed by atoms with Gasteiger partial charge in [-0.25, -0.2) is 4.39 Å². The SMILES string of the molecule is CC(C)(C)C(NC(=O)C1CC2(CC(OCc3ccccc3)C2)C1)c1ccc(F)cc1. The molecule has 0 saturated heterocycles. The molecule has 0 aromatic heterocycles. The molecule has 30 heavy (non-hydrogen) atoms. The molecule has 2 saturated carbocycles. The van der Waals surface area contributed by atoms with Crippen LogP contribution in [0.4, 0.5) is 4.39 Å². The van der Waals surface area contributed by atoms with Crippen molar-refractivity contribution < 1.29 is 13.9 Å². The van der Waals surface area contributed by atoms with E-state index >= 15 is 0 Å². The van der Waals surface area contributed by atoms with Gasteiger partial charge < -0.3 is 10.1 Å². The van der Waals surface area contributed by atoms with Gasteiger partial charge in [-0.15, -0.1) is 0 Å². The van der Waals surface area contributed by atoms with Crippen molar-refractivity contribution in [2.45, 2.75) is 65.2 Å². The van der Waals surface area contributed by atoms with E-state index in [0.29, 0.717) is 18.1 Å². The maximum absolute atomic E-state index is 13.3. The van der Waals surface area contributed by atoms with Gasteiger partial charge in [0, 0.05) is 5.92 Å². The number of carbonyl (C=O) groups excluding carboxylic acids is 1. The average molecular weight is 410 g/mol. The van der Waals surface area contributed by atoms with Gasteiger partial charge in [0.2, 0.25) is 5.91 Å². The molecule has 0 bridgehead atoms. The van der Waals surface area contributed by atoms with Gasteiger partial charge in [0.25, 0.3) is 0 Å². The van der Waals surface area contributed by atoms with Crippen molar-refractivity contribution in [1.82, 2.24) is 5.32 Å². The van der Waals surface area contributed by atoms with Gasteiger partial charge in [-0.3, -0.25) is 4.79 Å². The molecule has 4 heteroatoms. The minimum Gasteiger partial charge on any atom is -0.374 e. The van der Waals surface area contributed by atoms with Crippen molar-refractivity contribution in [3.05, 3.63) is 71.5 Å². The molecule has 2 aromatic rings. The predicted molar refractivity (Wildman–Crippen MR) is 116 cm³/mol. The molecule has 1 N–H and O–H groups in total. The van der Waals surface area contributed by atoms with E-state index in [1.165, 1.54) is 17.7 Å². The summed E-state index contributed by atoms with van der Waals surface area (Å²) in [6, 6.07) is 16.6. The second kappa shape index (κ2) is 8.14. The zero-order valence-electron chi connectivity index (χ0n) is 18.2. The third kappa shape index (κ3) is 4.59. The van der Waals surface area contributed by atoms with Gasteiger partial charge >= 0.3 is 0 Å². The van der Waals surface area contributed by atoms with Crippen molar-refractivity contribution in [3.63, 3.8) is 0 Å². The van der Waals surface area contributed by atoms with E-state index in [4.69, 9.17) is 4.74 Å². The molecule has 1 unspecified atom stereocenters. The van der Waals surface area contributed by atoms with Crippen LogP contribution in [0.1, 0.15) is 63.6 Å². The van der Waals surface area contributed by atoms with E-state index in [1.54, 1.807) is 12.1 Å². The highest BCUT2D eigenvalue weighted by atomic mass is 19.1. The molecule has 3 nitrogen and oxygen atoms in total. The number of rotatable bonds is 6. The number of halogens is 1. The molecule has 4 rings (SSSR count). The first-order valence-corrected chi connectivity index (χ1v) is 11.0. The Morgan fingerprint density at radius 1 is 1.07 bits per heavy atom. The van der Waals surface area contributed by atoms with Gasteiger partial charge in [0.05, 0.1) is 18.8 Å². The number of amides is 1. The second-order valence-electron chi connectivity index (χ2n) is 10.3. The summed E-state index contributed by atoms with van der Waals surface area (Å²) in [5.74, 6) is -0.0587. The summed E-state index contributed by atoms with van der Waals surface area (Å²) in [5.41, 5.74) is 2.31. The van der Waals surface area contributed by atoms with E-state index in [0.717, 1.165) is 31.2 Å². The number of carbonyl (C=O) groups is 1. The third-order valence-electron chi connectivity index (χ3n) is 6.74. The Balaban J connectivity index is 1.26. The monoisotopic (exact) mass is 409 g/mol. The minimum absolute atomic E-state index is 0.0744. The van der Waals surface area contributed by atoms with Gasteiger partial charge in [-0.2, -0.15) is 0 Å². The zero-order chi connectivity index (χ0) is 21.4. The third-order valence-corrected chi connectivity index (χ3v) is 6.74. The van der Waals surface area contributed by atoms with Crippen molar-refractivity contribution in [2.75, 3.05) is 0 Å². The molecule has 2 fully saturated rings. The molecule has 0 heterocycles. The molecule has 0 radical (unpaired) electrons. The highest BCUT2D eigenvalue weighted by molar-refractivity contribution is 5.80. The highest BCUT2D eigenvalue weighted by Gasteiger charge is 2.55. The van der Waals surface area contributed by atoms with Crippen LogP contribution in [-0.2, 0) is 16.1 Å². The van der Waals surface area contributed by atoms with E-state index in [2.05, 4.69) is 38.2 Å². The van der Waals surface area contributed by atoms with Crippen molar-refractivity contribution in [3.8, 4) is 0 Å². The molecular formula is C26H32FNO2. The van der Waals surface area contributed by atoms with E-state index in [-0.39, 0.29) is 29.1 Å². The van der Waals surface area contributed by atoms with Gasteiger partial charge in [-0.05, 0) is 59.8 Å². The van der Waals surface area contributed by atoms with Crippen LogP contribution in [0, 0.1) is 22.6 Å². The number of hydrogen-bond acceptors (Lipinski definition) is 2. The summed E-state index contributed by atoms with van der Waals surface area (Å²) in [5, 5.41) is 3.25. The molecule has 0 aliphatic heterocycles.